The second-order valence-corrected chi connectivity index (χ2v) is 8.62. The van der Waals surface area contributed by atoms with Crippen LogP contribution in [0.25, 0.3) is 0 Å². The second-order valence-electron chi connectivity index (χ2n) is 6.91. The topological polar surface area (TPSA) is 152 Å². The van der Waals surface area contributed by atoms with Crippen LogP contribution < -0.4 is 9.62 Å². The van der Waals surface area contributed by atoms with Crippen molar-refractivity contribution in [1.82, 2.24) is 4.72 Å². The maximum absolute atomic E-state index is 12.5. The van der Waals surface area contributed by atoms with Gasteiger partial charge in [0.15, 0.2) is 5.78 Å². The molecule has 32 heavy (non-hydrogen) atoms. The number of carbonyl (C=O) groups excluding carboxylic acids is 1. The molecule has 0 saturated heterocycles. The molecule has 2 rings (SSSR count). The van der Waals surface area contributed by atoms with Gasteiger partial charge in [-0.05, 0) is 60.8 Å². The van der Waals surface area contributed by atoms with Gasteiger partial charge >= 0.3 is 5.97 Å². The number of anilines is 1. The van der Waals surface area contributed by atoms with Crippen LogP contribution >= 0.6 is 0 Å². The standard InChI is InChI=1S/C21H23N5O5S/c1-26(2)17-7-3-15(4-8-17)23-24-16-5-10-19(11-6-16)32(30,31)25-20(21(28)29)12-9-18(27)13-14-22/h3-8,10-11,13,20,22,25H,9,12H2,1-2H3,(H,28,29). The largest absolute Gasteiger partial charge is 0.480 e. The molecule has 0 spiro atoms. The SMILES string of the molecule is CN(C)c1ccc(N=Nc2ccc(S(=O)(=O)NC(CCC(=O)C=C=N)C(=O)O)cc2)cc1. The minimum absolute atomic E-state index is 0.149. The summed E-state index contributed by atoms with van der Waals surface area (Å²) in [6.07, 6.45) is 0.363. The summed E-state index contributed by atoms with van der Waals surface area (Å²) in [5.74, 6) is -0.130. The lowest BCUT2D eigenvalue weighted by Crippen LogP contribution is -2.40. The molecule has 3 N–H and O–H groups in total. The summed E-state index contributed by atoms with van der Waals surface area (Å²) in [4.78, 5) is 24.6. The summed E-state index contributed by atoms with van der Waals surface area (Å²) in [5.41, 5.74) is 2.06. The van der Waals surface area contributed by atoms with Crippen molar-refractivity contribution >= 4 is 44.7 Å². The Morgan fingerprint density at radius 2 is 1.62 bits per heavy atom. The maximum atomic E-state index is 12.5. The molecule has 0 aliphatic heterocycles. The van der Waals surface area contributed by atoms with Crippen LogP contribution in [-0.4, -0.2) is 51.3 Å². The average Bonchev–Trinajstić information content (AvgIpc) is 2.75. The highest BCUT2D eigenvalue weighted by molar-refractivity contribution is 7.89. The van der Waals surface area contributed by atoms with Crippen molar-refractivity contribution in [1.29, 1.82) is 5.41 Å². The first-order valence-corrected chi connectivity index (χ1v) is 10.9. The third-order valence-corrected chi connectivity index (χ3v) is 5.79. The van der Waals surface area contributed by atoms with Gasteiger partial charge in [-0.15, -0.1) is 0 Å². The molecule has 0 heterocycles. The Morgan fingerprint density at radius 1 is 1.09 bits per heavy atom. The Balaban J connectivity index is 2.08. The molecule has 168 valence electrons. The molecule has 1 unspecified atom stereocenters. The number of azo groups is 1. The predicted octanol–water partition coefficient (Wildman–Crippen LogP) is 3.05. The molecule has 0 aliphatic rings. The van der Waals surface area contributed by atoms with Gasteiger partial charge in [0.2, 0.25) is 10.0 Å². The summed E-state index contributed by atoms with van der Waals surface area (Å²) >= 11 is 0. The average molecular weight is 458 g/mol. The van der Waals surface area contributed by atoms with E-state index in [1.54, 1.807) is 18.0 Å². The Hall–Kier alpha value is -3.66. The van der Waals surface area contributed by atoms with Gasteiger partial charge in [-0.3, -0.25) is 15.0 Å². The fourth-order valence-electron chi connectivity index (χ4n) is 2.55. The number of carbonyl (C=O) groups is 2. The molecule has 2 aromatic rings. The van der Waals surface area contributed by atoms with E-state index in [0.717, 1.165) is 11.8 Å². The van der Waals surface area contributed by atoms with E-state index in [2.05, 4.69) is 15.0 Å². The third-order valence-electron chi connectivity index (χ3n) is 4.30. The van der Waals surface area contributed by atoms with Crippen molar-refractivity contribution < 1.29 is 23.1 Å². The molecule has 10 nitrogen and oxygen atoms in total. The highest BCUT2D eigenvalue weighted by atomic mass is 32.2. The number of hydrogen-bond donors (Lipinski definition) is 3. The highest BCUT2D eigenvalue weighted by Crippen LogP contribution is 2.22. The maximum Gasteiger partial charge on any atom is 0.321 e. The number of aliphatic carboxylic acids is 1. The van der Waals surface area contributed by atoms with Gasteiger partial charge in [-0.25, -0.2) is 8.42 Å². The lowest BCUT2D eigenvalue weighted by Gasteiger charge is -2.14. The van der Waals surface area contributed by atoms with E-state index < -0.39 is 27.8 Å². The summed E-state index contributed by atoms with van der Waals surface area (Å²) in [5, 5.41) is 24.2. The lowest BCUT2D eigenvalue weighted by molar-refractivity contribution is -0.139. The summed E-state index contributed by atoms with van der Waals surface area (Å²) in [6, 6.07) is 11.4. The van der Waals surface area contributed by atoms with Crippen LogP contribution in [-0.2, 0) is 19.6 Å². The van der Waals surface area contributed by atoms with Gasteiger partial charge in [0.25, 0.3) is 0 Å². The molecule has 11 heteroatoms. The van der Waals surface area contributed by atoms with E-state index in [1.165, 1.54) is 24.3 Å². The Bertz CT molecular complexity index is 1140. The molecular weight excluding hydrogens is 434 g/mol. The highest BCUT2D eigenvalue weighted by Gasteiger charge is 2.25. The van der Waals surface area contributed by atoms with Gasteiger partial charge < -0.3 is 10.0 Å². The molecule has 0 bridgehead atoms. The van der Waals surface area contributed by atoms with E-state index in [9.17, 15) is 23.1 Å². The number of carboxylic acid groups (broad SMARTS) is 1. The predicted molar refractivity (Wildman–Crippen MR) is 120 cm³/mol. The number of hydrogen-bond acceptors (Lipinski definition) is 8. The van der Waals surface area contributed by atoms with Crippen molar-refractivity contribution in [2.24, 2.45) is 10.2 Å². The van der Waals surface area contributed by atoms with E-state index in [4.69, 9.17) is 5.41 Å². The van der Waals surface area contributed by atoms with Gasteiger partial charge in [0, 0.05) is 32.3 Å². The molecule has 0 radical (unpaired) electrons. The quantitative estimate of drug-likeness (QED) is 0.268. The fraction of sp³-hybridized carbons (Fsp3) is 0.238. The molecule has 0 amide bonds. The van der Waals surface area contributed by atoms with E-state index >= 15 is 0 Å². The van der Waals surface area contributed by atoms with Gasteiger partial charge in [0.05, 0.1) is 16.3 Å². The molecule has 2 aromatic carbocycles. The number of benzene rings is 2. The van der Waals surface area contributed by atoms with Crippen LogP contribution in [0.1, 0.15) is 12.8 Å². The zero-order valence-electron chi connectivity index (χ0n) is 17.5. The number of ketones is 1. The Kier molecular flexibility index (Phi) is 8.54. The zero-order valence-corrected chi connectivity index (χ0v) is 18.3. The second kappa shape index (κ2) is 11.1. The smallest absolute Gasteiger partial charge is 0.321 e. The summed E-state index contributed by atoms with van der Waals surface area (Å²) < 4.78 is 27.1. The summed E-state index contributed by atoms with van der Waals surface area (Å²) in [7, 11) is -0.292. The van der Waals surface area contributed by atoms with E-state index in [-0.39, 0.29) is 17.7 Å². The first-order valence-electron chi connectivity index (χ1n) is 9.45. The molecule has 0 saturated carbocycles. The molecule has 0 fully saturated rings. The van der Waals surface area contributed by atoms with Crippen LogP contribution in [0.15, 0.2) is 69.7 Å². The molecular formula is C21H23N5O5S. The molecule has 1 atom stereocenters. The monoisotopic (exact) mass is 457 g/mol. The van der Waals surface area contributed by atoms with Gasteiger partial charge in [-0.1, -0.05) is 0 Å². The Labute approximate surface area is 185 Å². The minimum Gasteiger partial charge on any atom is -0.480 e. The first kappa shape index (κ1) is 24.6. The lowest BCUT2D eigenvalue weighted by atomic mass is 10.1. The third kappa shape index (κ3) is 7.24. The van der Waals surface area contributed by atoms with Crippen molar-refractivity contribution in [3.63, 3.8) is 0 Å². The van der Waals surface area contributed by atoms with E-state index in [0.29, 0.717) is 11.4 Å². The number of nitrogens with one attached hydrogen (secondary N) is 2. The molecule has 0 aliphatic carbocycles. The zero-order chi connectivity index (χ0) is 23.7. The fourth-order valence-corrected chi connectivity index (χ4v) is 3.78. The van der Waals surface area contributed by atoms with Crippen molar-refractivity contribution in [2.75, 3.05) is 19.0 Å². The van der Waals surface area contributed by atoms with Crippen molar-refractivity contribution in [3.05, 3.63) is 54.6 Å². The normalized spacial score (nSPS) is 12.2. The van der Waals surface area contributed by atoms with Crippen LogP contribution in [0.2, 0.25) is 0 Å². The van der Waals surface area contributed by atoms with Gasteiger partial charge in [-0.2, -0.15) is 15.0 Å². The van der Waals surface area contributed by atoms with Crippen LogP contribution in [0, 0.1) is 5.41 Å². The number of nitrogens with zero attached hydrogens (tertiary/aromatic N) is 3. The number of rotatable bonds is 11. The van der Waals surface area contributed by atoms with Crippen LogP contribution in [0.4, 0.5) is 17.1 Å². The number of carboxylic acids is 1. The number of sulfonamides is 1. The molecule has 0 aromatic heterocycles. The van der Waals surface area contributed by atoms with Crippen molar-refractivity contribution in [2.45, 2.75) is 23.8 Å². The van der Waals surface area contributed by atoms with Gasteiger partial charge in [0.1, 0.15) is 6.04 Å². The van der Waals surface area contributed by atoms with Crippen LogP contribution in [0.3, 0.4) is 0 Å². The Morgan fingerprint density at radius 3 is 2.09 bits per heavy atom. The summed E-state index contributed by atoms with van der Waals surface area (Å²) in [6.45, 7) is 0. The minimum atomic E-state index is -4.14. The van der Waals surface area contributed by atoms with Crippen LogP contribution in [0.5, 0.6) is 0 Å². The first-order chi connectivity index (χ1) is 15.1. The van der Waals surface area contributed by atoms with Crippen molar-refractivity contribution in [3.8, 4) is 0 Å². The number of allylic oxidation sites excluding steroid dienone is 1. The van der Waals surface area contributed by atoms with E-state index in [1.807, 2.05) is 31.1 Å².